The van der Waals surface area contributed by atoms with Crippen molar-refractivity contribution in [1.29, 1.82) is 0 Å². The van der Waals surface area contributed by atoms with Crippen LogP contribution in [0.3, 0.4) is 0 Å². The number of carbonyl (C=O) groups is 1. The zero-order valence-electron chi connectivity index (χ0n) is 11.2. The maximum atomic E-state index is 10.7. The summed E-state index contributed by atoms with van der Waals surface area (Å²) < 4.78 is 5.70. The smallest absolute Gasteiger partial charge is 0.337 e. The van der Waals surface area contributed by atoms with E-state index in [0.29, 0.717) is 12.6 Å². The van der Waals surface area contributed by atoms with Gasteiger partial charge in [-0.1, -0.05) is 0 Å². The average molecular weight is 264 g/mol. The van der Waals surface area contributed by atoms with Crippen LogP contribution in [0.15, 0.2) is 18.3 Å². The summed E-state index contributed by atoms with van der Waals surface area (Å²) in [6.07, 6.45) is 5.25. The van der Waals surface area contributed by atoms with Crippen molar-refractivity contribution >= 4 is 5.97 Å². The van der Waals surface area contributed by atoms with E-state index in [2.05, 4.69) is 9.88 Å². The number of nitrogens with zero attached hydrogens (tertiary/aromatic N) is 2. The monoisotopic (exact) mass is 264 g/mol. The summed E-state index contributed by atoms with van der Waals surface area (Å²) in [7, 11) is 2.03. The molecule has 1 N–H and O–H groups in total. The Morgan fingerprint density at radius 2 is 2.37 bits per heavy atom. The van der Waals surface area contributed by atoms with Gasteiger partial charge in [0, 0.05) is 25.9 Å². The largest absolute Gasteiger partial charge is 0.478 e. The van der Waals surface area contributed by atoms with Crippen molar-refractivity contribution in [3.63, 3.8) is 0 Å². The van der Waals surface area contributed by atoms with Gasteiger partial charge < -0.3 is 9.84 Å². The third-order valence-electron chi connectivity index (χ3n) is 3.29. The minimum absolute atomic E-state index is 0.224. The van der Waals surface area contributed by atoms with Crippen LogP contribution in [0.1, 0.15) is 35.3 Å². The van der Waals surface area contributed by atoms with E-state index in [4.69, 9.17) is 9.84 Å². The summed E-state index contributed by atoms with van der Waals surface area (Å²) in [5, 5.41) is 8.81. The van der Waals surface area contributed by atoms with Crippen LogP contribution in [0.4, 0.5) is 0 Å². The predicted molar refractivity (Wildman–Crippen MR) is 71.1 cm³/mol. The van der Waals surface area contributed by atoms with Gasteiger partial charge in [0.15, 0.2) is 0 Å². The van der Waals surface area contributed by atoms with Crippen molar-refractivity contribution < 1.29 is 14.6 Å². The maximum absolute atomic E-state index is 10.7. The summed E-state index contributed by atoms with van der Waals surface area (Å²) in [6, 6.07) is 3.36. The van der Waals surface area contributed by atoms with E-state index in [1.807, 2.05) is 7.05 Å². The Morgan fingerprint density at radius 3 is 2.95 bits per heavy atom. The summed E-state index contributed by atoms with van der Waals surface area (Å²) in [5.74, 6) is -0.942. The van der Waals surface area contributed by atoms with Crippen LogP contribution in [0, 0.1) is 0 Å². The number of hydrogen-bond acceptors (Lipinski definition) is 4. The summed E-state index contributed by atoms with van der Waals surface area (Å²) in [6.45, 7) is 2.46. The quantitative estimate of drug-likeness (QED) is 0.878. The Hall–Kier alpha value is -1.46. The highest BCUT2D eigenvalue weighted by Gasteiger charge is 2.16. The number of ether oxygens (including phenoxy) is 1. The minimum Gasteiger partial charge on any atom is -0.478 e. The molecule has 1 aliphatic heterocycles. The first-order valence-electron chi connectivity index (χ1n) is 6.63. The van der Waals surface area contributed by atoms with Gasteiger partial charge in [-0.15, -0.1) is 0 Å². The number of carboxylic acids is 1. The van der Waals surface area contributed by atoms with E-state index in [1.54, 1.807) is 12.1 Å². The van der Waals surface area contributed by atoms with Crippen LogP contribution in [-0.4, -0.2) is 47.3 Å². The highest BCUT2D eigenvalue weighted by molar-refractivity contribution is 5.87. The molecule has 2 rings (SSSR count). The fraction of sp³-hybridized carbons (Fsp3) is 0.571. The Kier molecular flexibility index (Phi) is 4.87. The number of carboxylic acid groups (broad SMARTS) is 1. The van der Waals surface area contributed by atoms with Gasteiger partial charge in [-0.3, -0.25) is 9.88 Å². The lowest BCUT2D eigenvalue weighted by molar-refractivity contribution is -0.00274. The molecule has 0 radical (unpaired) electrons. The molecule has 1 fully saturated rings. The molecule has 1 aromatic heterocycles. The van der Waals surface area contributed by atoms with Crippen molar-refractivity contribution in [1.82, 2.24) is 9.88 Å². The van der Waals surface area contributed by atoms with Gasteiger partial charge in [-0.25, -0.2) is 4.79 Å². The molecular weight excluding hydrogens is 244 g/mol. The fourth-order valence-corrected chi connectivity index (χ4v) is 2.28. The first-order valence-corrected chi connectivity index (χ1v) is 6.63. The molecule has 0 amide bonds. The molecule has 5 heteroatoms. The van der Waals surface area contributed by atoms with E-state index >= 15 is 0 Å². The number of likely N-dealkylation sites (N-methyl/N-ethyl adjacent to an activating group) is 1. The van der Waals surface area contributed by atoms with Gasteiger partial charge in [0.25, 0.3) is 0 Å². The number of pyridine rings is 1. The van der Waals surface area contributed by atoms with Crippen LogP contribution < -0.4 is 0 Å². The van der Waals surface area contributed by atoms with Crippen LogP contribution in [0.5, 0.6) is 0 Å². The standard InChI is InChI=1S/C14H20N2O3/c1-16(10-13-4-2-3-7-19-13)9-12-6-5-11(8-15-12)14(17)18/h5-6,8,13H,2-4,7,9-10H2,1H3,(H,17,18). The second-order valence-corrected chi connectivity index (χ2v) is 5.03. The summed E-state index contributed by atoms with van der Waals surface area (Å²) >= 11 is 0. The number of aromatic carboxylic acids is 1. The molecule has 104 valence electrons. The lowest BCUT2D eigenvalue weighted by atomic mass is 10.1. The topological polar surface area (TPSA) is 62.7 Å². The Labute approximate surface area is 113 Å². The lowest BCUT2D eigenvalue weighted by Crippen LogP contribution is -2.33. The summed E-state index contributed by atoms with van der Waals surface area (Å²) in [4.78, 5) is 17.1. The van der Waals surface area contributed by atoms with Crippen molar-refractivity contribution in [3.05, 3.63) is 29.6 Å². The Morgan fingerprint density at radius 1 is 1.53 bits per heavy atom. The van der Waals surface area contributed by atoms with Gasteiger partial charge >= 0.3 is 5.97 Å². The van der Waals surface area contributed by atoms with E-state index in [9.17, 15) is 4.79 Å². The molecule has 5 nitrogen and oxygen atoms in total. The van der Waals surface area contributed by atoms with E-state index in [0.717, 1.165) is 25.3 Å². The zero-order valence-corrected chi connectivity index (χ0v) is 11.2. The molecule has 1 atom stereocenters. The number of aromatic nitrogens is 1. The number of hydrogen-bond donors (Lipinski definition) is 1. The molecule has 1 aliphatic rings. The van der Waals surface area contributed by atoms with Crippen LogP contribution in [0.2, 0.25) is 0 Å². The highest BCUT2D eigenvalue weighted by atomic mass is 16.5. The lowest BCUT2D eigenvalue weighted by Gasteiger charge is -2.27. The molecule has 1 unspecified atom stereocenters. The Balaban J connectivity index is 1.83. The molecule has 0 aromatic carbocycles. The van der Waals surface area contributed by atoms with Crippen molar-refractivity contribution in [2.45, 2.75) is 31.9 Å². The second kappa shape index (κ2) is 6.63. The SMILES string of the molecule is CN(Cc1ccc(C(=O)O)cn1)CC1CCCCO1. The third-order valence-corrected chi connectivity index (χ3v) is 3.29. The Bertz CT molecular complexity index is 413. The molecule has 0 saturated carbocycles. The second-order valence-electron chi connectivity index (χ2n) is 5.03. The van der Waals surface area contributed by atoms with E-state index in [-0.39, 0.29) is 5.56 Å². The molecule has 0 spiro atoms. The first-order chi connectivity index (χ1) is 9.15. The molecule has 19 heavy (non-hydrogen) atoms. The molecule has 0 aliphatic carbocycles. The van der Waals surface area contributed by atoms with E-state index < -0.39 is 5.97 Å². The van der Waals surface area contributed by atoms with Gasteiger partial charge in [0.2, 0.25) is 0 Å². The van der Waals surface area contributed by atoms with E-state index in [1.165, 1.54) is 19.0 Å². The average Bonchev–Trinajstić information content (AvgIpc) is 2.40. The summed E-state index contributed by atoms with van der Waals surface area (Å²) in [5.41, 5.74) is 1.10. The molecule has 0 bridgehead atoms. The maximum Gasteiger partial charge on any atom is 0.337 e. The van der Waals surface area contributed by atoms with Gasteiger partial charge in [-0.05, 0) is 38.4 Å². The van der Waals surface area contributed by atoms with Crippen molar-refractivity contribution in [2.24, 2.45) is 0 Å². The highest BCUT2D eigenvalue weighted by Crippen LogP contribution is 2.14. The molecule has 1 aromatic rings. The zero-order chi connectivity index (χ0) is 13.7. The predicted octanol–water partition coefficient (Wildman–Crippen LogP) is 1.78. The first kappa shape index (κ1) is 14.0. The molecule has 1 saturated heterocycles. The van der Waals surface area contributed by atoms with Gasteiger partial charge in [0.1, 0.15) is 0 Å². The van der Waals surface area contributed by atoms with Gasteiger partial charge in [-0.2, -0.15) is 0 Å². The fourth-order valence-electron chi connectivity index (χ4n) is 2.28. The minimum atomic E-state index is -0.942. The van der Waals surface area contributed by atoms with Crippen LogP contribution in [-0.2, 0) is 11.3 Å². The molecule has 2 heterocycles. The molecular formula is C14H20N2O3. The third kappa shape index (κ3) is 4.29. The number of rotatable bonds is 5. The van der Waals surface area contributed by atoms with Gasteiger partial charge in [0.05, 0.1) is 17.4 Å². The van der Waals surface area contributed by atoms with Crippen molar-refractivity contribution in [2.75, 3.05) is 20.2 Å². The van der Waals surface area contributed by atoms with Crippen LogP contribution in [0.25, 0.3) is 0 Å². The normalized spacial score (nSPS) is 19.6. The van der Waals surface area contributed by atoms with Crippen molar-refractivity contribution in [3.8, 4) is 0 Å². The van der Waals surface area contributed by atoms with Crippen LogP contribution >= 0.6 is 0 Å².